The standard InChI is InChI=1S/C30H28F6O4/c1-40-27(38)7-5-3-2-4-6-25(37)12-8-19-9-13-26-21(14-19)10-11-22(28(26)39)15-20-16-23(29(31,32)33)18-24(17-20)30(34,35)36/h8-9,12-18H,2-7,10-11H2,1H3/b12-8+,22-15+. The van der Waals surface area contributed by atoms with E-state index in [4.69, 9.17) is 0 Å². The van der Waals surface area contributed by atoms with Crippen LogP contribution < -0.4 is 0 Å². The van der Waals surface area contributed by atoms with Crippen LogP contribution in [-0.2, 0) is 33.1 Å². The van der Waals surface area contributed by atoms with E-state index in [9.17, 15) is 40.7 Å². The van der Waals surface area contributed by atoms with Crippen molar-refractivity contribution in [2.24, 2.45) is 0 Å². The number of fused-ring (bicyclic) bond motifs is 1. The van der Waals surface area contributed by atoms with Crippen LogP contribution in [0.3, 0.4) is 0 Å². The number of rotatable bonds is 10. The van der Waals surface area contributed by atoms with Gasteiger partial charge in [-0.05, 0) is 72.7 Å². The number of ketones is 2. The van der Waals surface area contributed by atoms with Crippen LogP contribution in [-0.4, -0.2) is 24.6 Å². The van der Waals surface area contributed by atoms with Crippen LogP contribution in [0.5, 0.6) is 0 Å². The second kappa shape index (κ2) is 13.1. The fraction of sp³-hybridized carbons (Fsp3) is 0.367. The lowest BCUT2D eigenvalue weighted by Gasteiger charge is -2.19. The molecule has 0 radical (unpaired) electrons. The van der Waals surface area contributed by atoms with Crippen molar-refractivity contribution < 1.29 is 45.5 Å². The molecule has 0 spiro atoms. The molecule has 0 unspecified atom stereocenters. The molecule has 2 aromatic carbocycles. The van der Waals surface area contributed by atoms with E-state index in [0.717, 1.165) is 18.9 Å². The van der Waals surface area contributed by atoms with Gasteiger partial charge in [0.05, 0.1) is 18.2 Å². The Morgan fingerprint density at radius 1 is 0.825 bits per heavy atom. The van der Waals surface area contributed by atoms with Gasteiger partial charge >= 0.3 is 18.3 Å². The van der Waals surface area contributed by atoms with Crippen LogP contribution in [0.15, 0.2) is 48.0 Å². The fourth-order valence-corrected chi connectivity index (χ4v) is 4.40. The number of ether oxygens (including phenoxy) is 1. The average molecular weight is 567 g/mol. The monoisotopic (exact) mass is 566 g/mol. The SMILES string of the molecule is COC(=O)CCCCCCC(=O)/C=C/c1ccc2c(c1)CC/C(=C\c1cc(C(F)(F)F)cc(C(F)(F)F)c1)C2=O. The molecule has 0 amide bonds. The van der Waals surface area contributed by atoms with Crippen LogP contribution in [0.1, 0.15) is 83.1 Å². The lowest BCUT2D eigenvalue weighted by Crippen LogP contribution is -2.15. The zero-order valence-electron chi connectivity index (χ0n) is 21.8. The number of hydrogen-bond acceptors (Lipinski definition) is 4. The highest BCUT2D eigenvalue weighted by Gasteiger charge is 2.37. The third-order valence-corrected chi connectivity index (χ3v) is 6.52. The number of carbonyl (C=O) groups excluding carboxylic acids is 3. The van der Waals surface area contributed by atoms with E-state index in [-0.39, 0.29) is 35.4 Å². The van der Waals surface area contributed by atoms with Crippen molar-refractivity contribution in [2.45, 2.75) is 63.7 Å². The molecule has 0 fully saturated rings. The Hall–Kier alpha value is -3.69. The van der Waals surface area contributed by atoms with Gasteiger partial charge in [0.1, 0.15) is 0 Å². The van der Waals surface area contributed by atoms with E-state index in [1.807, 2.05) is 0 Å². The molecular weight excluding hydrogens is 538 g/mol. The Labute approximate surface area is 227 Å². The lowest BCUT2D eigenvalue weighted by atomic mass is 9.85. The van der Waals surface area contributed by atoms with E-state index in [0.29, 0.717) is 60.9 Å². The number of alkyl halides is 6. The lowest BCUT2D eigenvalue weighted by molar-refractivity contribution is -0.143. The van der Waals surface area contributed by atoms with Gasteiger partial charge in [0.2, 0.25) is 0 Å². The molecule has 1 aliphatic carbocycles. The van der Waals surface area contributed by atoms with Crippen molar-refractivity contribution in [3.8, 4) is 0 Å². The Morgan fingerprint density at radius 3 is 2.05 bits per heavy atom. The van der Waals surface area contributed by atoms with Crippen LogP contribution in [0, 0.1) is 0 Å². The Kier molecular flexibility index (Phi) is 10.1. The van der Waals surface area contributed by atoms with E-state index < -0.39 is 29.3 Å². The third kappa shape index (κ3) is 8.66. The first-order chi connectivity index (χ1) is 18.8. The number of halogens is 6. The van der Waals surface area contributed by atoms with Crippen molar-refractivity contribution >= 4 is 29.7 Å². The summed E-state index contributed by atoms with van der Waals surface area (Å²) in [5.74, 6) is -0.787. The van der Waals surface area contributed by atoms with Crippen LogP contribution >= 0.6 is 0 Å². The maximum atomic E-state index is 13.2. The Balaban J connectivity index is 1.66. The maximum absolute atomic E-state index is 13.2. The van der Waals surface area contributed by atoms with Gasteiger partial charge in [-0.2, -0.15) is 26.3 Å². The number of Topliss-reactive ketones (excluding diaryl/α,β-unsaturated/α-hetero) is 1. The maximum Gasteiger partial charge on any atom is 0.416 e. The molecule has 0 heterocycles. The summed E-state index contributed by atoms with van der Waals surface area (Å²) in [6.45, 7) is 0. The predicted octanol–water partition coefficient (Wildman–Crippen LogP) is 8.03. The summed E-state index contributed by atoms with van der Waals surface area (Å²) >= 11 is 0. The molecule has 0 saturated carbocycles. The molecule has 4 nitrogen and oxygen atoms in total. The van der Waals surface area contributed by atoms with Gasteiger partial charge < -0.3 is 4.74 Å². The van der Waals surface area contributed by atoms with Crippen molar-refractivity contribution in [2.75, 3.05) is 7.11 Å². The quantitative estimate of drug-likeness (QED) is 0.126. The number of benzene rings is 2. The minimum atomic E-state index is -4.98. The van der Waals surface area contributed by atoms with E-state index >= 15 is 0 Å². The summed E-state index contributed by atoms with van der Waals surface area (Å²) in [5, 5.41) is 0. The average Bonchev–Trinajstić information content (AvgIpc) is 2.89. The largest absolute Gasteiger partial charge is 0.469 e. The fourth-order valence-electron chi connectivity index (χ4n) is 4.40. The summed E-state index contributed by atoms with van der Waals surface area (Å²) < 4.78 is 83.7. The van der Waals surface area contributed by atoms with Gasteiger partial charge in [-0.3, -0.25) is 14.4 Å². The molecular formula is C30H28F6O4. The minimum absolute atomic E-state index is 0.0491. The van der Waals surface area contributed by atoms with Crippen molar-refractivity contribution in [3.63, 3.8) is 0 Å². The molecule has 0 aliphatic heterocycles. The number of aryl methyl sites for hydroxylation is 1. The molecule has 0 aromatic heterocycles. The highest BCUT2D eigenvalue weighted by molar-refractivity contribution is 6.13. The predicted molar refractivity (Wildman–Crippen MR) is 137 cm³/mol. The molecule has 214 valence electrons. The van der Waals surface area contributed by atoms with Gasteiger partial charge in [0, 0.05) is 24.0 Å². The smallest absolute Gasteiger partial charge is 0.416 e. The Bertz CT molecular complexity index is 1290. The summed E-state index contributed by atoms with van der Waals surface area (Å²) in [4.78, 5) is 36.2. The minimum Gasteiger partial charge on any atom is -0.469 e. The molecule has 10 heteroatoms. The van der Waals surface area contributed by atoms with E-state index in [2.05, 4.69) is 4.74 Å². The topological polar surface area (TPSA) is 60.4 Å². The molecule has 0 saturated heterocycles. The van der Waals surface area contributed by atoms with Crippen LogP contribution in [0.25, 0.3) is 12.2 Å². The molecule has 0 N–H and O–H groups in total. The van der Waals surface area contributed by atoms with Crippen LogP contribution in [0.2, 0.25) is 0 Å². The van der Waals surface area contributed by atoms with Gasteiger partial charge in [-0.15, -0.1) is 0 Å². The molecule has 0 atom stereocenters. The summed E-state index contributed by atoms with van der Waals surface area (Å²) in [5.41, 5.74) is -1.43. The highest BCUT2D eigenvalue weighted by Crippen LogP contribution is 2.37. The number of carbonyl (C=O) groups is 3. The number of hydrogen-bond donors (Lipinski definition) is 0. The first kappa shape index (κ1) is 30.8. The normalized spacial score (nSPS) is 15.0. The highest BCUT2D eigenvalue weighted by atomic mass is 19.4. The number of esters is 1. The Morgan fingerprint density at radius 2 is 1.45 bits per heavy atom. The summed E-state index contributed by atoms with van der Waals surface area (Å²) in [7, 11) is 1.34. The number of methoxy groups -OCH3 is 1. The molecule has 0 bridgehead atoms. The first-order valence-corrected chi connectivity index (χ1v) is 12.7. The molecule has 3 rings (SSSR count). The second-order valence-corrected chi connectivity index (χ2v) is 9.54. The van der Waals surface area contributed by atoms with Crippen LogP contribution in [0.4, 0.5) is 26.3 Å². The summed E-state index contributed by atoms with van der Waals surface area (Å²) in [6.07, 6.45) is -1.54. The molecule has 2 aromatic rings. The molecule has 1 aliphatic rings. The first-order valence-electron chi connectivity index (χ1n) is 12.7. The van der Waals surface area contributed by atoms with Gasteiger partial charge in [-0.25, -0.2) is 0 Å². The van der Waals surface area contributed by atoms with E-state index in [1.54, 1.807) is 24.3 Å². The van der Waals surface area contributed by atoms with Gasteiger partial charge in [0.15, 0.2) is 11.6 Å². The zero-order chi connectivity index (χ0) is 29.5. The summed E-state index contributed by atoms with van der Waals surface area (Å²) in [6, 6.07) is 6.16. The van der Waals surface area contributed by atoms with Crippen molar-refractivity contribution in [3.05, 3.63) is 81.4 Å². The number of unbranched alkanes of at least 4 members (excludes halogenated alkanes) is 3. The van der Waals surface area contributed by atoms with Crippen molar-refractivity contribution in [1.29, 1.82) is 0 Å². The third-order valence-electron chi connectivity index (χ3n) is 6.52. The van der Waals surface area contributed by atoms with Gasteiger partial charge in [-0.1, -0.05) is 37.1 Å². The zero-order valence-corrected chi connectivity index (χ0v) is 21.8. The number of allylic oxidation sites excluding steroid dienone is 2. The van der Waals surface area contributed by atoms with Crippen molar-refractivity contribution in [1.82, 2.24) is 0 Å². The molecule has 40 heavy (non-hydrogen) atoms. The van der Waals surface area contributed by atoms with E-state index in [1.165, 1.54) is 13.2 Å². The van der Waals surface area contributed by atoms with Gasteiger partial charge in [0.25, 0.3) is 0 Å². The second-order valence-electron chi connectivity index (χ2n) is 9.54.